The number of benzene rings is 2. The van der Waals surface area contributed by atoms with Crippen LogP contribution in [0.25, 0.3) is 22.3 Å². The van der Waals surface area contributed by atoms with Gasteiger partial charge in [-0.25, -0.2) is 9.97 Å². The van der Waals surface area contributed by atoms with Crippen LogP contribution in [0.2, 0.25) is 0 Å². The molecule has 1 N–H and O–H groups in total. The first-order valence-corrected chi connectivity index (χ1v) is 9.40. The van der Waals surface area contributed by atoms with Gasteiger partial charge in [-0.15, -0.1) is 0 Å². The molecule has 2 heterocycles. The van der Waals surface area contributed by atoms with Gasteiger partial charge in [-0.3, -0.25) is 4.98 Å². The summed E-state index contributed by atoms with van der Waals surface area (Å²) in [7, 11) is 0. The quantitative estimate of drug-likeness (QED) is 0.552. The Bertz CT molecular complexity index is 1090. The molecular weight excluding hydrogens is 332 g/mol. The monoisotopic (exact) mass is 352 g/mol. The SMILES string of the molecule is c1cncc(-c2nc(NC3CCCc4ccccc43)c3ccccc3n2)c1. The van der Waals surface area contributed by atoms with Crippen molar-refractivity contribution in [1.82, 2.24) is 15.0 Å². The summed E-state index contributed by atoms with van der Waals surface area (Å²) in [5.41, 5.74) is 4.69. The third-order valence-electron chi connectivity index (χ3n) is 5.20. The van der Waals surface area contributed by atoms with E-state index in [-0.39, 0.29) is 6.04 Å². The molecule has 0 saturated carbocycles. The zero-order valence-corrected chi connectivity index (χ0v) is 15.0. The van der Waals surface area contributed by atoms with Gasteiger partial charge in [-0.1, -0.05) is 36.4 Å². The lowest BCUT2D eigenvalue weighted by Gasteiger charge is -2.27. The second kappa shape index (κ2) is 6.80. The summed E-state index contributed by atoms with van der Waals surface area (Å²) in [6.45, 7) is 0. The van der Waals surface area contributed by atoms with E-state index >= 15 is 0 Å². The molecular formula is C23H20N4. The summed E-state index contributed by atoms with van der Waals surface area (Å²) in [5.74, 6) is 1.59. The minimum absolute atomic E-state index is 0.273. The third kappa shape index (κ3) is 3.04. The van der Waals surface area contributed by atoms with Crippen molar-refractivity contribution in [2.24, 2.45) is 0 Å². The Balaban J connectivity index is 1.61. The van der Waals surface area contributed by atoms with Crippen LogP contribution in [0.1, 0.15) is 30.0 Å². The molecule has 27 heavy (non-hydrogen) atoms. The van der Waals surface area contributed by atoms with Gasteiger partial charge in [-0.2, -0.15) is 0 Å². The number of anilines is 1. The van der Waals surface area contributed by atoms with Crippen LogP contribution in [0.3, 0.4) is 0 Å². The van der Waals surface area contributed by atoms with E-state index in [0.29, 0.717) is 5.82 Å². The van der Waals surface area contributed by atoms with E-state index in [9.17, 15) is 0 Å². The number of nitrogens with one attached hydrogen (secondary N) is 1. The van der Waals surface area contributed by atoms with E-state index in [1.165, 1.54) is 17.5 Å². The fourth-order valence-corrected chi connectivity index (χ4v) is 3.88. The largest absolute Gasteiger partial charge is 0.363 e. The molecule has 2 aromatic carbocycles. The number of aromatic nitrogens is 3. The molecule has 1 unspecified atom stereocenters. The minimum atomic E-state index is 0.273. The Morgan fingerprint density at radius 3 is 2.70 bits per heavy atom. The van der Waals surface area contributed by atoms with Crippen molar-refractivity contribution in [3.8, 4) is 11.4 Å². The van der Waals surface area contributed by atoms with Crippen LogP contribution in [-0.2, 0) is 6.42 Å². The van der Waals surface area contributed by atoms with Gasteiger partial charge in [0.15, 0.2) is 5.82 Å². The van der Waals surface area contributed by atoms with Crippen molar-refractivity contribution < 1.29 is 0 Å². The molecule has 0 spiro atoms. The van der Waals surface area contributed by atoms with Gasteiger partial charge >= 0.3 is 0 Å². The Morgan fingerprint density at radius 2 is 1.78 bits per heavy atom. The Hall–Kier alpha value is -3.27. The van der Waals surface area contributed by atoms with Crippen molar-refractivity contribution in [3.05, 3.63) is 84.2 Å². The molecule has 5 rings (SSSR count). The average Bonchev–Trinajstić information content (AvgIpc) is 2.74. The van der Waals surface area contributed by atoms with E-state index in [1.54, 1.807) is 6.20 Å². The summed E-state index contributed by atoms with van der Waals surface area (Å²) in [5, 5.41) is 4.77. The molecule has 4 nitrogen and oxygen atoms in total. The predicted molar refractivity (Wildman–Crippen MR) is 109 cm³/mol. The normalized spacial score (nSPS) is 16.1. The van der Waals surface area contributed by atoms with Crippen molar-refractivity contribution in [3.63, 3.8) is 0 Å². The van der Waals surface area contributed by atoms with Gasteiger partial charge in [0.2, 0.25) is 0 Å². The first-order chi connectivity index (χ1) is 13.4. The topological polar surface area (TPSA) is 50.7 Å². The van der Waals surface area contributed by atoms with Crippen LogP contribution < -0.4 is 5.32 Å². The molecule has 0 radical (unpaired) electrons. The van der Waals surface area contributed by atoms with E-state index in [1.807, 2.05) is 36.5 Å². The molecule has 0 bridgehead atoms. The maximum Gasteiger partial charge on any atom is 0.163 e. The zero-order chi connectivity index (χ0) is 18.1. The Morgan fingerprint density at radius 1 is 0.889 bits per heavy atom. The first kappa shape index (κ1) is 15.9. The van der Waals surface area contributed by atoms with Crippen LogP contribution in [0.4, 0.5) is 5.82 Å². The van der Waals surface area contributed by atoms with Crippen molar-refractivity contribution in [2.75, 3.05) is 5.32 Å². The third-order valence-corrected chi connectivity index (χ3v) is 5.20. The maximum absolute atomic E-state index is 4.88. The molecule has 0 fully saturated rings. The predicted octanol–water partition coefficient (Wildman–Crippen LogP) is 5.18. The van der Waals surface area contributed by atoms with Crippen LogP contribution in [-0.4, -0.2) is 15.0 Å². The van der Waals surface area contributed by atoms with Crippen LogP contribution in [0, 0.1) is 0 Å². The van der Waals surface area contributed by atoms with Crippen molar-refractivity contribution in [2.45, 2.75) is 25.3 Å². The maximum atomic E-state index is 4.88. The highest BCUT2D eigenvalue weighted by molar-refractivity contribution is 5.90. The van der Waals surface area contributed by atoms with Crippen LogP contribution >= 0.6 is 0 Å². The summed E-state index contributed by atoms with van der Waals surface area (Å²) < 4.78 is 0. The number of rotatable bonds is 3. The number of nitrogens with zero attached hydrogens (tertiary/aromatic N) is 3. The van der Waals surface area contributed by atoms with E-state index in [4.69, 9.17) is 9.97 Å². The van der Waals surface area contributed by atoms with Gasteiger partial charge in [0.05, 0.1) is 11.6 Å². The summed E-state index contributed by atoms with van der Waals surface area (Å²) in [6.07, 6.45) is 7.02. The van der Waals surface area contributed by atoms with Crippen molar-refractivity contribution in [1.29, 1.82) is 0 Å². The Labute approximate surface area is 158 Å². The molecule has 1 atom stereocenters. The first-order valence-electron chi connectivity index (χ1n) is 9.40. The number of aryl methyl sites for hydroxylation is 1. The van der Waals surface area contributed by atoms with Gasteiger partial charge < -0.3 is 5.32 Å². The highest BCUT2D eigenvalue weighted by atomic mass is 15.1. The summed E-state index contributed by atoms with van der Waals surface area (Å²) >= 11 is 0. The van der Waals surface area contributed by atoms with E-state index in [2.05, 4.69) is 40.6 Å². The highest BCUT2D eigenvalue weighted by Gasteiger charge is 2.21. The molecule has 4 heteroatoms. The Kier molecular flexibility index (Phi) is 4.02. The second-order valence-electron chi connectivity index (χ2n) is 6.94. The fourth-order valence-electron chi connectivity index (χ4n) is 3.88. The number of hydrogen-bond acceptors (Lipinski definition) is 4. The van der Waals surface area contributed by atoms with E-state index < -0.39 is 0 Å². The fraction of sp³-hybridized carbons (Fsp3) is 0.174. The summed E-state index contributed by atoms with van der Waals surface area (Å²) in [6, 6.07) is 21.1. The zero-order valence-electron chi connectivity index (χ0n) is 15.0. The lowest BCUT2D eigenvalue weighted by molar-refractivity contribution is 0.599. The van der Waals surface area contributed by atoms with Gasteiger partial charge in [-0.05, 0) is 54.7 Å². The number of hydrogen-bond donors (Lipinski definition) is 1. The molecule has 0 aliphatic heterocycles. The van der Waals surface area contributed by atoms with Gasteiger partial charge in [0, 0.05) is 23.3 Å². The molecule has 0 amide bonds. The lowest BCUT2D eigenvalue weighted by atomic mass is 9.87. The molecule has 132 valence electrons. The molecule has 1 aliphatic rings. The molecule has 2 aromatic heterocycles. The standard InChI is InChI=1S/C23H20N4/c1-2-10-18-16(7-1)8-5-13-20(18)26-23-19-11-3-4-12-21(19)25-22(27-23)17-9-6-14-24-15-17/h1-4,6-7,9-12,14-15,20H,5,8,13H2,(H,25,26,27). The van der Waals surface area contributed by atoms with Crippen molar-refractivity contribution >= 4 is 16.7 Å². The van der Waals surface area contributed by atoms with E-state index in [0.717, 1.165) is 35.1 Å². The molecule has 1 aliphatic carbocycles. The number of pyridine rings is 1. The minimum Gasteiger partial charge on any atom is -0.363 e. The smallest absolute Gasteiger partial charge is 0.163 e. The molecule has 4 aromatic rings. The number of fused-ring (bicyclic) bond motifs is 2. The average molecular weight is 352 g/mol. The van der Waals surface area contributed by atoms with Gasteiger partial charge in [0.1, 0.15) is 5.82 Å². The molecule has 0 saturated heterocycles. The van der Waals surface area contributed by atoms with Crippen LogP contribution in [0.15, 0.2) is 73.1 Å². The number of para-hydroxylation sites is 1. The van der Waals surface area contributed by atoms with Gasteiger partial charge in [0.25, 0.3) is 0 Å². The highest BCUT2D eigenvalue weighted by Crippen LogP contribution is 2.34. The lowest BCUT2D eigenvalue weighted by Crippen LogP contribution is -2.18. The summed E-state index contributed by atoms with van der Waals surface area (Å²) in [4.78, 5) is 13.8. The second-order valence-corrected chi connectivity index (χ2v) is 6.94. The van der Waals surface area contributed by atoms with Crippen LogP contribution in [0.5, 0.6) is 0 Å².